The monoisotopic (exact) mass is 370 g/mol. The molecule has 0 atom stereocenters. The summed E-state index contributed by atoms with van der Waals surface area (Å²) < 4.78 is 6.38. The first-order chi connectivity index (χ1) is 11.2. The van der Waals surface area contributed by atoms with Crippen LogP contribution in [-0.2, 0) is 0 Å². The quantitative estimate of drug-likeness (QED) is 0.282. The third-order valence-corrected chi connectivity index (χ3v) is 3.58. The molecule has 0 amide bonds. The molecule has 1 aromatic heterocycles. The molecule has 2 aromatic carbocycles. The molecular formula is C17H11BrN2O3. The minimum Gasteiger partial charge on any atom is -0.513 e. The molecule has 0 radical (unpaired) electrons. The predicted octanol–water partition coefficient (Wildman–Crippen LogP) is 5.56. The van der Waals surface area contributed by atoms with Crippen LogP contribution in [0.3, 0.4) is 0 Å². The summed E-state index contributed by atoms with van der Waals surface area (Å²) in [4.78, 5) is 12.4. The molecule has 114 valence electrons. The number of ketones is 1. The van der Waals surface area contributed by atoms with E-state index >= 15 is 0 Å². The zero-order chi connectivity index (χ0) is 16.2. The molecule has 0 spiro atoms. The van der Waals surface area contributed by atoms with Gasteiger partial charge in [-0.25, -0.2) is 0 Å². The summed E-state index contributed by atoms with van der Waals surface area (Å²) in [5.41, 5.74) is 0.953. The van der Waals surface area contributed by atoms with E-state index in [1.54, 1.807) is 36.4 Å². The van der Waals surface area contributed by atoms with Gasteiger partial charge in [0.25, 0.3) is 5.78 Å². The molecule has 5 nitrogen and oxygen atoms in total. The first kappa shape index (κ1) is 15.2. The van der Waals surface area contributed by atoms with Gasteiger partial charge >= 0.3 is 0 Å². The number of Topliss-reactive ketones (excluding diaryl/α,β-unsaturated/α-hetero) is 1. The van der Waals surface area contributed by atoms with Crippen LogP contribution in [0, 0.1) is 0 Å². The van der Waals surface area contributed by atoms with E-state index < -0.39 is 5.78 Å². The number of aliphatic hydroxyl groups excluding tert-OH is 1. The van der Waals surface area contributed by atoms with Crippen LogP contribution >= 0.6 is 15.9 Å². The highest BCUT2D eigenvalue weighted by molar-refractivity contribution is 9.10. The van der Waals surface area contributed by atoms with Crippen LogP contribution in [0.5, 0.6) is 0 Å². The largest absolute Gasteiger partial charge is 0.513 e. The summed E-state index contributed by atoms with van der Waals surface area (Å²) in [7, 11) is 0. The van der Waals surface area contributed by atoms with Crippen molar-refractivity contribution in [2.75, 3.05) is 0 Å². The van der Waals surface area contributed by atoms with Gasteiger partial charge in [0.1, 0.15) is 11.8 Å². The maximum atomic E-state index is 12.4. The van der Waals surface area contributed by atoms with Crippen molar-refractivity contribution in [2.45, 2.75) is 0 Å². The minimum atomic E-state index is -0.542. The number of hydrogen-bond donors (Lipinski definition) is 1. The van der Waals surface area contributed by atoms with Crippen molar-refractivity contribution in [3.63, 3.8) is 0 Å². The summed E-state index contributed by atoms with van der Waals surface area (Å²) in [6.07, 6.45) is 0.623. The van der Waals surface area contributed by atoms with Crippen molar-refractivity contribution in [3.8, 4) is 0 Å². The Hall–Kier alpha value is -2.73. The van der Waals surface area contributed by atoms with Crippen molar-refractivity contribution in [3.05, 3.63) is 76.8 Å². The molecule has 0 fully saturated rings. The molecule has 0 unspecified atom stereocenters. The third-order valence-electron chi connectivity index (χ3n) is 3.09. The summed E-state index contributed by atoms with van der Waals surface area (Å²) in [5, 5.41) is 17.8. The molecule has 3 aromatic rings. The zero-order valence-corrected chi connectivity index (χ0v) is 13.4. The van der Waals surface area contributed by atoms with Crippen LogP contribution < -0.4 is 0 Å². The highest BCUT2D eigenvalue weighted by Crippen LogP contribution is 2.25. The van der Waals surface area contributed by atoms with Crippen molar-refractivity contribution < 1.29 is 14.3 Å². The molecule has 0 saturated carbocycles. The van der Waals surface area contributed by atoms with Crippen LogP contribution in [0.4, 0.5) is 5.69 Å². The third kappa shape index (κ3) is 3.37. The first-order valence-electron chi connectivity index (χ1n) is 6.72. The Morgan fingerprint density at radius 1 is 1.13 bits per heavy atom. The Bertz CT molecular complexity index is 914. The molecule has 0 bridgehead atoms. The molecule has 0 aliphatic rings. The number of carbonyl (C=O) groups is 1. The summed E-state index contributed by atoms with van der Waals surface area (Å²) >= 11 is 3.36. The molecule has 23 heavy (non-hydrogen) atoms. The van der Waals surface area contributed by atoms with Crippen LogP contribution in [0.2, 0.25) is 0 Å². The second-order valence-corrected chi connectivity index (χ2v) is 5.59. The average molecular weight is 371 g/mol. The lowest BCUT2D eigenvalue weighted by atomic mass is 10.2. The second-order valence-electron chi connectivity index (χ2n) is 4.67. The number of allylic oxidation sites excluding steroid dienone is 1. The minimum absolute atomic E-state index is 0.0883. The summed E-state index contributed by atoms with van der Waals surface area (Å²) in [6, 6.07) is 15.9. The van der Waals surface area contributed by atoms with Gasteiger partial charge in [-0.15, -0.1) is 5.11 Å². The van der Waals surface area contributed by atoms with E-state index in [0.717, 1.165) is 9.86 Å². The van der Waals surface area contributed by atoms with Gasteiger partial charge in [-0.1, -0.05) is 34.1 Å². The molecule has 6 heteroatoms. The first-order valence-corrected chi connectivity index (χ1v) is 7.51. The number of hydrogen-bond acceptors (Lipinski definition) is 5. The molecule has 3 rings (SSSR count). The maximum absolute atomic E-state index is 12.4. The number of carbonyl (C=O) groups excluding carboxylic acids is 1. The number of aliphatic hydroxyl groups is 1. The van der Waals surface area contributed by atoms with E-state index in [1.807, 2.05) is 18.2 Å². The van der Waals surface area contributed by atoms with Gasteiger partial charge in [0.05, 0.1) is 5.69 Å². The fourth-order valence-corrected chi connectivity index (χ4v) is 2.37. The Balaban J connectivity index is 1.88. The van der Waals surface area contributed by atoms with E-state index in [2.05, 4.69) is 26.2 Å². The molecule has 0 saturated heterocycles. The van der Waals surface area contributed by atoms with Crippen molar-refractivity contribution in [2.24, 2.45) is 10.2 Å². The van der Waals surface area contributed by atoms with Crippen LogP contribution in [0.15, 0.2) is 85.7 Å². The van der Waals surface area contributed by atoms with E-state index in [4.69, 9.17) is 4.42 Å². The normalized spacial score (nSPS) is 12.1. The number of fused-ring (bicyclic) bond motifs is 1. The topological polar surface area (TPSA) is 75.2 Å². The highest BCUT2D eigenvalue weighted by Gasteiger charge is 2.17. The van der Waals surface area contributed by atoms with Gasteiger partial charge in [-0.05, 0) is 36.4 Å². The molecule has 0 aliphatic carbocycles. The Morgan fingerprint density at radius 2 is 1.91 bits per heavy atom. The molecule has 1 N–H and O–H groups in total. The van der Waals surface area contributed by atoms with E-state index in [1.165, 1.54) is 0 Å². The lowest BCUT2D eigenvalue weighted by Crippen LogP contribution is -1.99. The van der Waals surface area contributed by atoms with Crippen LogP contribution in [0.1, 0.15) is 10.6 Å². The average Bonchev–Trinajstić information content (AvgIpc) is 2.99. The van der Waals surface area contributed by atoms with E-state index in [0.29, 0.717) is 17.5 Å². The lowest BCUT2D eigenvalue weighted by molar-refractivity contribution is 0.100. The highest BCUT2D eigenvalue weighted by atomic mass is 79.9. The fourth-order valence-electron chi connectivity index (χ4n) is 1.99. The number of halogens is 1. The SMILES string of the molecule is O=C(/C(=C/O)N=Nc1ccccc1)c1cc2cc(Br)ccc2o1. The zero-order valence-electron chi connectivity index (χ0n) is 11.8. The van der Waals surface area contributed by atoms with Crippen molar-refractivity contribution >= 4 is 38.4 Å². The molecule has 1 heterocycles. The standard InChI is InChI=1S/C17H11BrN2O3/c18-12-6-7-15-11(8-12)9-16(23-15)17(22)14(10-21)20-19-13-4-2-1-3-5-13/h1-10,21H/b14-10-,20-19?. The number of rotatable bonds is 4. The Labute approximate surface area is 140 Å². The Morgan fingerprint density at radius 3 is 2.65 bits per heavy atom. The smallest absolute Gasteiger partial charge is 0.251 e. The summed E-state index contributed by atoms with van der Waals surface area (Å²) in [5.74, 6) is -0.454. The van der Waals surface area contributed by atoms with Crippen molar-refractivity contribution in [1.29, 1.82) is 0 Å². The predicted molar refractivity (Wildman–Crippen MR) is 89.9 cm³/mol. The Kier molecular flexibility index (Phi) is 4.34. The van der Waals surface area contributed by atoms with Crippen LogP contribution in [-0.4, -0.2) is 10.9 Å². The lowest BCUT2D eigenvalue weighted by Gasteiger charge is -1.95. The van der Waals surface area contributed by atoms with Gasteiger partial charge in [-0.2, -0.15) is 5.11 Å². The number of azo groups is 1. The van der Waals surface area contributed by atoms with E-state index in [9.17, 15) is 9.90 Å². The fraction of sp³-hybridized carbons (Fsp3) is 0. The number of nitrogens with zero attached hydrogens (tertiary/aromatic N) is 2. The van der Waals surface area contributed by atoms with Crippen molar-refractivity contribution in [1.82, 2.24) is 0 Å². The maximum Gasteiger partial charge on any atom is 0.251 e. The molecule has 0 aliphatic heterocycles. The summed E-state index contributed by atoms with van der Waals surface area (Å²) in [6.45, 7) is 0. The number of benzene rings is 2. The van der Waals surface area contributed by atoms with Gasteiger partial charge in [0, 0.05) is 9.86 Å². The molecular weight excluding hydrogens is 360 g/mol. The van der Waals surface area contributed by atoms with Crippen LogP contribution in [0.25, 0.3) is 11.0 Å². The number of furan rings is 1. The second kappa shape index (κ2) is 6.58. The van der Waals surface area contributed by atoms with Gasteiger partial charge in [-0.3, -0.25) is 4.79 Å². The van der Waals surface area contributed by atoms with Gasteiger partial charge in [0.15, 0.2) is 11.5 Å². The van der Waals surface area contributed by atoms with Gasteiger partial charge < -0.3 is 9.52 Å². The van der Waals surface area contributed by atoms with Gasteiger partial charge in [0.2, 0.25) is 0 Å². The van der Waals surface area contributed by atoms with E-state index in [-0.39, 0.29) is 11.5 Å².